The predicted octanol–water partition coefficient (Wildman–Crippen LogP) is 3.80. The molecular weight excluding hydrogens is 396 g/mol. The van der Waals surface area contributed by atoms with E-state index in [0.29, 0.717) is 12.3 Å². The van der Waals surface area contributed by atoms with E-state index in [1.807, 2.05) is 49.4 Å². The van der Waals surface area contributed by atoms with Crippen LogP contribution in [0.1, 0.15) is 24.0 Å². The van der Waals surface area contributed by atoms with Crippen molar-refractivity contribution in [2.24, 2.45) is 5.92 Å². The van der Waals surface area contributed by atoms with Gasteiger partial charge in [0.2, 0.25) is 5.91 Å². The van der Waals surface area contributed by atoms with Crippen LogP contribution in [0.5, 0.6) is 5.75 Å². The van der Waals surface area contributed by atoms with Gasteiger partial charge in [-0.2, -0.15) is 0 Å². The average molecular weight is 417 g/mol. The quantitative estimate of drug-likeness (QED) is 0.720. The van der Waals surface area contributed by atoms with Gasteiger partial charge >= 0.3 is 0 Å². The second kappa shape index (κ2) is 8.36. The van der Waals surface area contributed by atoms with Crippen LogP contribution in [0.4, 0.5) is 5.69 Å². The lowest BCUT2D eigenvalue weighted by Crippen LogP contribution is -2.28. The highest BCUT2D eigenvalue weighted by molar-refractivity contribution is 9.10. The van der Waals surface area contributed by atoms with E-state index < -0.39 is 0 Å². The molecule has 1 aliphatic carbocycles. The standard InChI is InChI=1S/C20H21BrN2O3/c1-13-5-8-18(17(21)9-13)26-12-19(24)22-11-14-3-2-4-16(10-14)23-20(25)15-6-7-15/h2-5,8-10,15H,6-7,11-12H2,1H3,(H,22,24)(H,23,25). The second-order valence-corrected chi connectivity index (χ2v) is 7.32. The van der Waals surface area contributed by atoms with Crippen molar-refractivity contribution in [3.8, 4) is 5.75 Å². The molecule has 6 heteroatoms. The molecule has 2 amide bonds. The maximum absolute atomic E-state index is 12.0. The Morgan fingerprint density at radius 1 is 1.19 bits per heavy atom. The summed E-state index contributed by atoms with van der Waals surface area (Å²) in [5, 5.41) is 5.73. The maximum atomic E-state index is 12.0. The Kier molecular flexibility index (Phi) is 5.93. The lowest BCUT2D eigenvalue weighted by molar-refractivity contribution is -0.123. The summed E-state index contributed by atoms with van der Waals surface area (Å²) in [6.45, 7) is 2.31. The van der Waals surface area contributed by atoms with E-state index >= 15 is 0 Å². The predicted molar refractivity (Wildman–Crippen MR) is 104 cm³/mol. The van der Waals surface area contributed by atoms with Crippen molar-refractivity contribution < 1.29 is 14.3 Å². The zero-order chi connectivity index (χ0) is 18.5. The number of hydrogen-bond donors (Lipinski definition) is 2. The molecule has 2 aromatic carbocycles. The highest BCUT2D eigenvalue weighted by Gasteiger charge is 2.29. The van der Waals surface area contributed by atoms with E-state index in [9.17, 15) is 9.59 Å². The Bertz CT molecular complexity index is 818. The van der Waals surface area contributed by atoms with Gasteiger partial charge in [0.1, 0.15) is 5.75 Å². The summed E-state index contributed by atoms with van der Waals surface area (Å²) in [4.78, 5) is 23.8. The number of benzene rings is 2. The van der Waals surface area contributed by atoms with Crippen molar-refractivity contribution >= 4 is 33.4 Å². The molecule has 0 unspecified atom stereocenters. The third-order valence-electron chi connectivity index (χ3n) is 4.08. The number of carbonyl (C=O) groups excluding carboxylic acids is 2. The molecule has 2 aromatic rings. The van der Waals surface area contributed by atoms with Crippen LogP contribution < -0.4 is 15.4 Å². The van der Waals surface area contributed by atoms with Gasteiger partial charge in [-0.25, -0.2) is 0 Å². The number of amides is 2. The Balaban J connectivity index is 1.47. The fourth-order valence-corrected chi connectivity index (χ4v) is 3.07. The molecule has 136 valence electrons. The first-order valence-corrected chi connectivity index (χ1v) is 9.36. The summed E-state index contributed by atoms with van der Waals surface area (Å²) in [5.74, 6) is 0.667. The molecule has 0 bridgehead atoms. The highest BCUT2D eigenvalue weighted by Crippen LogP contribution is 2.30. The Labute approximate surface area is 161 Å². The summed E-state index contributed by atoms with van der Waals surface area (Å²) in [6.07, 6.45) is 1.94. The minimum absolute atomic E-state index is 0.0558. The topological polar surface area (TPSA) is 67.4 Å². The number of hydrogen-bond acceptors (Lipinski definition) is 3. The van der Waals surface area contributed by atoms with Gasteiger partial charge in [0.05, 0.1) is 4.47 Å². The summed E-state index contributed by atoms with van der Waals surface area (Å²) >= 11 is 3.42. The van der Waals surface area contributed by atoms with E-state index in [2.05, 4.69) is 26.6 Å². The van der Waals surface area contributed by atoms with Crippen LogP contribution in [-0.2, 0) is 16.1 Å². The second-order valence-electron chi connectivity index (χ2n) is 6.46. The Morgan fingerprint density at radius 2 is 2.00 bits per heavy atom. The fraction of sp³-hybridized carbons (Fsp3) is 0.300. The SMILES string of the molecule is Cc1ccc(OCC(=O)NCc2cccc(NC(=O)C3CC3)c2)c(Br)c1. The third kappa shape index (κ3) is 5.33. The van der Waals surface area contributed by atoms with E-state index in [1.165, 1.54) is 0 Å². The van der Waals surface area contributed by atoms with Gasteiger partial charge < -0.3 is 15.4 Å². The van der Waals surface area contributed by atoms with Crippen molar-refractivity contribution in [2.75, 3.05) is 11.9 Å². The van der Waals surface area contributed by atoms with Crippen LogP contribution in [0.2, 0.25) is 0 Å². The molecule has 0 radical (unpaired) electrons. The molecular formula is C20H21BrN2O3. The molecule has 3 rings (SSSR count). The van der Waals surface area contributed by atoms with Gasteiger partial charge in [-0.15, -0.1) is 0 Å². The molecule has 1 aliphatic rings. The first-order chi connectivity index (χ1) is 12.5. The number of aryl methyl sites for hydroxylation is 1. The average Bonchev–Trinajstić information content (AvgIpc) is 3.45. The number of ether oxygens (including phenoxy) is 1. The first kappa shape index (κ1) is 18.5. The lowest BCUT2D eigenvalue weighted by Gasteiger charge is -2.10. The van der Waals surface area contributed by atoms with Crippen LogP contribution in [0.3, 0.4) is 0 Å². The number of rotatable bonds is 7. The summed E-state index contributed by atoms with van der Waals surface area (Å²) in [7, 11) is 0. The van der Waals surface area contributed by atoms with Crippen LogP contribution in [0.25, 0.3) is 0 Å². The minimum Gasteiger partial charge on any atom is -0.483 e. The van der Waals surface area contributed by atoms with Crippen molar-refractivity contribution in [1.82, 2.24) is 5.32 Å². The molecule has 0 atom stereocenters. The van der Waals surface area contributed by atoms with Crippen molar-refractivity contribution in [1.29, 1.82) is 0 Å². The zero-order valence-electron chi connectivity index (χ0n) is 14.5. The van der Waals surface area contributed by atoms with Crippen LogP contribution >= 0.6 is 15.9 Å². The summed E-state index contributed by atoms with van der Waals surface area (Å²) < 4.78 is 6.36. The van der Waals surface area contributed by atoms with Gasteiger partial charge in [0.25, 0.3) is 5.91 Å². The van der Waals surface area contributed by atoms with Gasteiger partial charge in [-0.1, -0.05) is 18.2 Å². The largest absolute Gasteiger partial charge is 0.483 e. The number of anilines is 1. The first-order valence-electron chi connectivity index (χ1n) is 8.57. The van der Waals surface area contributed by atoms with E-state index in [4.69, 9.17) is 4.74 Å². The smallest absolute Gasteiger partial charge is 0.258 e. The molecule has 5 nitrogen and oxygen atoms in total. The molecule has 2 N–H and O–H groups in total. The molecule has 0 aliphatic heterocycles. The lowest BCUT2D eigenvalue weighted by atomic mass is 10.2. The molecule has 0 heterocycles. The zero-order valence-corrected chi connectivity index (χ0v) is 16.1. The molecule has 1 fully saturated rings. The van der Waals surface area contributed by atoms with Gasteiger partial charge in [0.15, 0.2) is 6.61 Å². The summed E-state index contributed by atoms with van der Waals surface area (Å²) in [5.41, 5.74) is 2.79. The van der Waals surface area contributed by atoms with Gasteiger partial charge in [0, 0.05) is 18.2 Å². The van der Waals surface area contributed by atoms with E-state index in [1.54, 1.807) is 0 Å². The highest BCUT2D eigenvalue weighted by atomic mass is 79.9. The minimum atomic E-state index is -0.204. The summed E-state index contributed by atoms with van der Waals surface area (Å²) in [6, 6.07) is 13.2. The maximum Gasteiger partial charge on any atom is 0.258 e. The number of nitrogens with one attached hydrogen (secondary N) is 2. The van der Waals surface area contributed by atoms with Crippen LogP contribution in [-0.4, -0.2) is 18.4 Å². The Morgan fingerprint density at radius 3 is 2.73 bits per heavy atom. The molecule has 0 spiro atoms. The Hall–Kier alpha value is -2.34. The van der Waals surface area contributed by atoms with Crippen molar-refractivity contribution in [3.63, 3.8) is 0 Å². The molecule has 0 aromatic heterocycles. The molecule has 1 saturated carbocycles. The van der Waals surface area contributed by atoms with E-state index in [-0.39, 0.29) is 24.3 Å². The van der Waals surface area contributed by atoms with Gasteiger partial charge in [-0.05, 0) is 71.1 Å². The normalized spacial score (nSPS) is 13.2. The number of carbonyl (C=O) groups is 2. The van der Waals surface area contributed by atoms with Gasteiger partial charge in [-0.3, -0.25) is 9.59 Å². The van der Waals surface area contributed by atoms with Crippen LogP contribution in [0, 0.1) is 12.8 Å². The molecule has 26 heavy (non-hydrogen) atoms. The van der Waals surface area contributed by atoms with E-state index in [0.717, 1.165) is 34.1 Å². The fourth-order valence-electron chi connectivity index (χ4n) is 2.47. The van der Waals surface area contributed by atoms with Crippen molar-refractivity contribution in [3.05, 3.63) is 58.1 Å². The monoisotopic (exact) mass is 416 g/mol. The third-order valence-corrected chi connectivity index (χ3v) is 4.70. The number of halogens is 1. The van der Waals surface area contributed by atoms with Crippen molar-refractivity contribution in [2.45, 2.75) is 26.3 Å². The van der Waals surface area contributed by atoms with Crippen LogP contribution in [0.15, 0.2) is 46.9 Å². The molecule has 0 saturated heterocycles.